The van der Waals surface area contributed by atoms with Crippen molar-refractivity contribution in [2.24, 2.45) is 0 Å². The van der Waals surface area contributed by atoms with E-state index in [1.807, 2.05) is 6.07 Å². The highest BCUT2D eigenvalue weighted by atomic mass is 16.6. The zero-order valence-electron chi connectivity index (χ0n) is 9.54. The maximum atomic E-state index is 10.8. The minimum absolute atomic E-state index is 0.0395. The smallest absolute Gasteiger partial charge is 0.292 e. The Morgan fingerprint density at radius 2 is 1.94 bits per heavy atom. The van der Waals surface area contributed by atoms with Gasteiger partial charge in [0.25, 0.3) is 5.69 Å². The average Bonchev–Trinajstić information content (AvgIpc) is 2.37. The van der Waals surface area contributed by atoms with E-state index in [-0.39, 0.29) is 11.4 Å². The van der Waals surface area contributed by atoms with Crippen molar-refractivity contribution in [2.45, 2.75) is 6.54 Å². The summed E-state index contributed by atoms with van der Waals surface area (Å²) < 4.78 is 0. The van der Waals surface area contributed by atoms with E-state index in [2.05, 4.69) is 5.32 Å². The Kier molecular flexibility index (Phi) is 3.43. The summed E-state index contributed by atoms with van der Waals surface area (Å²) in [6.07, 6.45) is 0. The van der Waals surface area contributed by atoms with Gasteiger partial charge in [-0.25, -0.2) is 0 Å². The largest absolute Gasteiger partial charge is 0.508 e. The Morgan fingerprint density at radius 3 is 2.67 bits per heavy atom. The molecule has 92 valence electrons. The van der Waals surface area contributed by atoms with Crippen LogP contribution in [0.5, 0.6) is 5.75 Å². The van der Waals surface area contributed by atoms with Crippen LogP contribution in [0.3, 0.4) is 0 Å². The first kappa shape index (κ1) is 11.9. The van der Waals surface area contributed by atoms with Gasteiger partial charge in [0.1, 0.15) is 11.4 Å². The number of phenols is 1. The van der Waals surface area contributed by atoms with E-state index in [4.69, 9.17) is 0 Å². The lowest BCUT2D eigenvalue weighted by atomic mass is 10.2. The van der Waals surface area contributed by atoms with Crippen molar-refractivity contribution in [2.75, 3.05) is 5.32 Å². The third kappa shape index (κ3) is 2.76. The number of nitro groups is 1. The molecule has 0 bridgehead atoms. The maximum absolute atomic E-state index is 10.8. The molecule has 0 atom stereocenters. The number of anilines is 1. The highest BCUT2D eigenvalue weighted by molar-refractivity contribution is 5.61. The average molecular weight is 244 g/mol. The van der Waals surface area contributed by atoms with Crippen LogP contribution in [0.15, 0.2) is 48.5 Å². The van der Waals surface area contributed by atoms with Gasteiger partial charge in [0.15, 0.2) is 0 Å². The van der Waals surface area contributed by atoms with Gasteiger partial charge in [0, 0.05) is 12.6 Å². The molecule has 0 amide bonds. The third-order valence-corrected chi connectivity index (χ3v) is 2.49. The molecule has 0 spiro atoms. The lowest BCUT2D eigenvalue weighted by Gasteiger charge is -2.07. The van der Waals surface area contributed by atoms with Gasteiger partial charge in [0.05, 0.1) is 4.92 Å². The first-order valence-corrected chi connectivity index (χ1v) is 5.42. The lowest BCUT2D eigenvalue weighted by molar-refractivity contribution is -0.384. The number of nitrogens with zero attached hydrogens (tertiary/aromatic N) is 1. The zero-order chi connectivity index (χ0) is 13.0. The van der Waals surface area contributed by atoms with Gasteiger partial charge in [-0.2, -0.15) is 0 Å². The number of nitro benzene ring substituents is 1. The molecular formula is C13H12N2O3. The Morgan fingerprint density at radius 1 is 1.17 bits per heavy atom. The second kappa shape index (κ2) is 5.18. The summed E-state index contributed by atoms with van der Waals surface area (Å²) in [5.41, 5.74) is 1.36. The van der Waals surface area contributed by atoms with Crippen LogP contribution < -0.4 is 5.32 Å². The molecule has 5 nitrogen and oxygen atoms in total. The van der Waals surface area contributed by atoms with Crippen LogP contribution in [0.1, 0.15) is 5.56 Å². The van der Waals surface area contributed by atoms with Crippen LogP contribution in [0, 0.1) is 10.1 Å². The minimum atomic E-state index is -0.426. The molecule has 0 aliphatic heterocycles. The first-order chi connectivity index (χ1) is 8.66. The maximum Gasteiger partial charge on any atom is 0.292 e. The third-order valence-electron chi connectivity index (χ3n) is 2.49. The van der Waals surface area contributed by atoms with Crippen molar-refractivity contribution in [3.63, 3.8) is 0 Å². The summed E-state index contributed by atoms with van der Waals surface area (Å²) >= 11 is 0. The van der Waals surface area contributed by atoms with E-state index in [9.17, 15) is 15.2 Å². The van der Waals surface area contributed by atoms with E-state index in [0.29, 0.717) is 12.2 Å². The summed E-state index contributed by atoms with van der Waals surface area (Å²) in [6.45, 7) is 0.416. The number of aromatic hydroxyl groups is 1. The molecule has 0 unspecified atom stereocenters. The van der Waals surface area contributed by atoms with Crippen molar-refractivity contribution in [3.05, 3.63) is 64.2 Å². The number of phenolic OH excluding ortho intramolecular Hbond substituents is 1. The lowest BCUT2D eigenvalue weighted by Crippen LogP contribution is -2.02. The van der Waals surface area contributed by atoms with Crippen LogP contribution >= 0.6 is 0 Å². The molecular weight excluding hydrogens is 232 g/mol. The molecule has 0 aliphatic carbocycles. The van der Waals surface area contributed by atoms with Gasteiger partial charge < -0.3 is 10.4 Å². The number of hydrogen-bond donors (Lipinski definition) is 2. The van der Waals surface area contributed by atoms with Crippen molar-refractivity contribution >= 4 is 11.4 Å². The molecule has 5 heteroatoms. The van der Waals surface area contributed by atoms with Gasteiger partial charge in [-0.15, -0.1) is 0 Å². The Labute approximate surface area is 104 Å². The van der Waals surface area contributed by atoms with Gasteiger partial charge >= 0.3 is 0 Å². The van der Waals surface area contributed by atoms with Gasteiger partial charge in [-0.1, -0.05) is 24.3 Å². The van der Waals surface area contributed by atoms with Gasteiger partial charge in [-0.3, -0.25) is 10.1 Å². The molecule has 2 aromatic rings. The molecule has 0 saturated heterocycles. The summed E-state index contributed by atoms with van der Waals surface area (Å²) in [4.78, 5) is 10.4. The van der Waals surface area contributed by atoms with E-state index in [0.717, 1.165) is 5.56 Å². The van der Waals surface area contributed by atoms with Crippen molar-refractivity contribution in [1.82, 2.24) is 0 Å². The molecule has 0 saturated carbocycles. The van der Waals surface area contributed by atoms with Crippen molar-refractivity contribution < 1.29 is 10.0 Å². The Bertz CT molecular complexity index is 570. The van der Waals surface area contributed by atoms with Crippen LogP contribution in [0.25, 0.3) is 0 Å². The Hall–Kier alpha value is -2.56. The van der Waals surface area contributed by atoms with Crippen LogP contribution in [0.4, 0.5) is 11.4 Å². The molecule has 2 rings (SSSR count). The molecule has 2 N–H and O–H groups in total. The summed E-state index contributed by atoms with van der Waals surface area (Å²) in [6, 6.07) is 13.2. The van der Waals surface area contributed by atoms with E-state index < -0.39 is 4.92 Å². The highest BCUT2D eigenvalue weighted by Gasteiger charge is 2.11. The SMILES string of the molecule is O=[N+]([O-])c1ccccc1NCc1cccc(O)c1. The molecule has 0 heterocycles. The topological polar surface area (TPSA) is 75.4 Å². The number of nitrogens with one attached hydrogen (secondary N) is 1. The fraction of sp³-hybridized carbons (Fsp3) is 0.0769. The molecule has 0 aliphatic rings. The highest BCUT2D eigenvalue weighted by Crippen LogP contribution is 2.24. The van der Waals surface area contributed by atoms with Gasteiger partial charge in [0.2, 0.25) is 0 Å². The summed E-state index contributed by atoms with van der Waals surface area (Å²) in [7, 11) is 0. The number of para-hydroxylation sites is 2. The van der Waals surface area contributed by atoms with Crippen LogP contribution in [-0.2, 0) is 6.54 Å². The molecule has 0 fully saturated rings. The fourth-order valence-corrected chi connectivity index (χ4v) is 1.65. The molecule has 0 aromatic heterocycles. The zero-order valence-corrected chi connectivity index (χ0v) is 9.54. The predicted molar refractivity (Wildman–Crippen MR) is 68.5 cm³/mol. The van der Waals surface area contributed by atoms with Crippen LogP contribution in [-0.4, -0.2) is 10.0 Å². The second-order valence-corrected chi connectivity index (χ2v) is 3.80. The minimum Gasteiger partial charge on any atom is -0.508 e. The number of hydrogen-bond acceptors (Lipinski definition) is 4. The number of benzene rings is 2. The Balaban J connectivity index is 2.13. The summed E-state index contributed by atoms with van der Waals surface area (Å²) in [5, 5.41) is 23.1. The van der Waals surface area contributed by atoms with Crippen LogP contribution in [0.2, 0.25) is 0 Å². The molecule has 2 aromatic carbocycles. The van der Waals surface area contributed by atoms with Crippen molar-refractivity contribution in [1.29, 1.82) is 0 Å². The first-order valence-electron chi connectivity index (χ1n) is 5.42. The van der Waals surface area contributed by atoms with E-state index >= 15 is 0 Å². The summed E-state index contributed by atoms with van der Waals surface area (Å²) in [5.74, 6) is 0.178. The second-order valence-electron chi connectivity index (χ2n) is 3.80. The fourth-order valence-electron chi connectivity index (χ4n) is 1.65. The quantitative estimate of drug-likeness (QED) is 0.640. The van der Waals surface area contributed by atoms with Gasteiger partial charge in [-0.05, 0) is 23.8 Å². The van der Waals surface area contributed by atoms with E-state index in [1.165, 1.54) is 6.07 Å². The van der Waals surface area contributed by atoms with Crippen molar-refractivity contribution in [3.8, 4) is 5.75 Å². The molecule has 0 radical (unpaired) electrons. The molecule has 18 heavy (non-hydrogen) atoms. The van der Waals surface area contributed by atoms with E-state index in [1.54, 1.807) is 36.4 Å². The predicted octanol–water partition coefficient (Wildman–Crippen LogP) is 2.91. The monoisotopic (exact) mass is 244 g/mol. The standard InChI is InChI=1S/C13H12N2O3/c16-11-5-3-4-10(8-11)9-14-12-6-1-2-7-13(12)15(17)18/h1-8,14,16H,9H2. The normalized spacial score (nSPS) is 10.0. The number of rotatable bonds is 4.